The number of nitrogens with two attached hydrogens (primary N) is 4. The number of carbonyl (C=O) groups is 8. The second-order valence-corrected chi connectivity index (χ2v) is 23.9. The number of aliphatic imine (C=N–C) groups is 1. The Morgan fingerprint density at radius 2 is 1.14 bits per heavy atom. The maximum absolute atomic E-state index is 15.1. The molecule has 440 valence electrons. The van der Waals surface area contributed by atoms with E-state index in [0.29, 0.717) is 16.7 Å². The van der Waals surface area contributed by atoms with E-state index in [9.17, 15) is 24.3 Å². The van der Waals surface area contributed by atoms with E-state index >= 15 is 19.2 Å². The first-order valence-electron chi connectivity index (χ1n) is 27.1. The Bertz CT molecular complexity index is 3280. The molecule has 0 spiro atoms. The van der Waals surface area contributed by atoms with Crippen molar-refractivity contribution in [2.24, 2.45) is 27.9 Å². The van der Waals surface area contributed by atoms with Crippen LogP contribution in [0.1, 0.15) is 55.9 Å². The predicted octanol–water partition coefficient (Wildman–Crippen LogP) is 0.734. The highest BCUT2D eigenvalue weighted by atomic mass is 33.1. The van der Waals surface area contributed by atoms with Crippen LogP contribution in [-0.2, 0) is 64.0 Å². The Hall–Kier alpha value is -8.39. The number of nitrogens with one attached hydrogen (secondary N) is 9. The summed E-state index contributed by atoms with van der Waals surface area (Å²) in [5.41, 5.74) is 27.5. The third kappa shape index (κ3) is 17.3. The second kappa shape index (κ2) is 29.0. The number of nitrogens with zero attached hydrogens (tertiary/aromatic N) is 1. The molecule has 25 heteroatoms. The molecule has 83 heavy (non-hydrogen) atoms. The first-order chi connectivity index (χ1) is 39.7. The molecule has 23 nitrogen and oxygen atoms in total. The summed E-state index contributed by atoms with van der Waals surface area (Å²) in [5, 5.41) is 31.5. The van der Waals surface area contributed by atoms with Crippen LogP contribution in [0.2, 0.25) is 0 Å². The second-order valence-electron chi connectivity index (χ2n) is 20.9. The van der Waals surface area contributed by atoms with Gasteiger partial charge in [0.1, 0.15) is 42.3 Å². The molecule has 4 aromatic carbocycles. The van der Waals surface area contributed by atoms with Crippen LogP contribution >= 0.6 is 21.6 Å². The van der Waals surface area contributed by atoms with Crippen LogP contribution in [0.15, 0.2) is 127 Å². The van der Waals surface area contributed by atoms with Gasteiger partial charge in [0.05, 0.1) is 12.1 Å². The predicted molar refractivity (Wildman–Crippen MR) is 321 cm³/mol. The maximum Gasteiger partial charge on any atom is 0.244 e. The van der Waals surface area contributed by atoms with Crippen molar-refractivity contribution in [3.63, 3.8) is 0 Å². The van der Waals surface area contributed by atoms with E-state index in [1.807, 2.05) is 48.5 Å². The number of para-hydroxylation sites is 2. The van der Waals surface area contributed by atoms with E-state index < -0.39 is 106 Å². The Morgan fingerprint density at radius 1 is 0.663 bits per heavy atom. The van der Waals surface area contributed by atoms with Gasteiger partial charge in [-0.1, -0.05) is 119 Å². The van der Waals surface area contributed by atoms with Crippen LogP contribution in [0.5, 0.6) is 0 Å². The highest BCUT2D eigenvalue weighted by Crippen LogP contribution is 2.39. The molecule has 1 fully saturated rings. The number of aliphatic hydroxyl groups is 1. The van der Waals surface area contributed by atoms with Crippen LogP contribution in [0, 0.1) is 0 Å². The topological polar surface area (TPSA) is 389 Å². The van der Waals surface area contributed by atoms with Gasteiger partial charge in [-0.3, -0.25) is 43.3 Å². The average Bonchev–Trinajstić information content (AvgIpc) is 4.34. The lowest BCUT2D eigenvalue weighted by Crippen LogP contribution is -2.64. The highest BCUT2D eigenvalue weighted by molar-refractivity contribution is 8.77. The van der Waals surface area contributed by atoms with Crippen molar-refractivity contribution >= 4 is 96.6 Å². The molecule has 18 N–H and O–H groups in total. The van der Waals surface area contributed by atoms with Gasteiger partial charge in [0.25, 0.3) is 0 Å². The quantitative estimate of drug-likeness (QED) is 0.0244. The highest BCUT2D eigenvalue weighted by Gasteiger charge is 2.42. The first-order valence-corrected chi connectivity index (χ1v) is 29.4. The number of primary amides is 1. The van der Waals surface area contributed by atoms with E-state index in [-0.39, 0.29) is 56.8 Å². The molecule has 0 aliphatic carbocycles. The minimum absolute atomic E-state index is 0.0400. The number of hydrogen-bond donors (Lipinski definition) is 14. The number of amides is 8. The molecular weight excluding hydrogens is 1100 g/mol. The maximum atomic E-state index is 15.1. The summed E-state index contributed by atoms with van der Waals surface area (Å²) in [6.45, 7) is 4.50. The summed E-state index contributed by atoms with van der Waals surface area (Å²) in [6.07, 6.45) is 1.74. The van der Waals surface area contributed by atoms with E-state index in [1.165, 1.54) is 6.92 Å². The average molecular weight is 1170 g/mol. The third-order valence-electron chi connectivity index (χ3n) is 14.1. The summed E-state index contributed by atoms with van der Waals surface area (Å²) in [7, 11) is 2.07. The first kappa shape index (κ1) is 62.2. The molecule has 9 atom stereocenters. The van der Waals surface area contributed by atoms with Crippen LogP contribution < -0.4 is 60.2 Å². The van der Waals surface area contributed by atoms with Gasteiger partial charge >= 0.3 is 0 Å². The fraction of sp³-hybridized carbons (Fsp3) is 0.362. The minimum atomic E-state index is -1.61. The number of guanidine groups is 1. The number of rotatable bonds is 18. The zero-order chi connectivity index (χ0) is 59.8. The molecule has 0 unspecified atom stereocenters. The van der Waals surface area contributed by atoms with Crippen molar-refractivity contribution in [1.82, 2.24) is 47.2 Å². The number of H-pyrrole nitrogens is 2. The summed E-state index contributed by atoms with van der Waals surface area (Å²) in [4.78, 5) is 127. The standard InChI is InChI=1S/C58H72N14O9S2/c1-32(73)47(49(60)74)71-56(81)48-58(2,3)83-82-31-46(70-50(75)39(59)25-33-15-6-4-7-16-33)55(80)67-43(26-34-17-8-5-9-18-34)52(77)69-44(27-35-29-64-40-21-12-10-19-37(35)40)53(78)66-42(23-14-24-63-57(61)62)51(76)68-45(54(79)72-48)28-36-30-65-41-22-13-11-20-38(36)41/h4-13,15-22,29-30,32,39,42-48,64-65,73H,14,23-28,31,59H2,1-3H3,(H2,60,74)(H,66,78)(H,67,80)(H,68,76)(H,69,77)(H,70,75)(H,71,81)(H,72,79)(H4,61,62,63)/t32-,39-,42+,43+,44+,45+,46+,47+,48+/m1/s1. The minimum Gasteiger partial charge on any atom is -0.391 e. The van der Waals surface area contributed by atoms with Gasteiger partial charge in [0.2, 0.25) is 47.3 Å². The number of carbonyl (C=O) groups excluding carboxylic acids is 8. The zero-order valence-electron chi connectivity index (χ0n) is 46.2. The van der Waals surface area contributed by atoms with Crippen LogP contribution in [0.4, 0.5) is 0 Å². The largest absolute Gasteiger partial charge is 0.391 e. The molecule has 8 amide bonds. The van der Waals surface area contributed by atoms with Crippen LogP contribution in [0.3, 0.4) is 0 Å². The van der Waals surface area contributed by atoms with E-state index in [4.69, 9.17) is 22.9 Å². The molecule has 0 bridgehead atoms. The van der Waals surface area contributed by atoms with E-state index in [2.05, 4.69) is 52.2 Å². The molecule has 0 radical (unpaired) electrons. The van der Waals surface area contributed by atoms with Gasteiger partial charge in [-0.05, 0) is 74.4 Å². The third-order valence-corrected chi connectivity index (χ3v) is 17.4. The van der Waals surface area contributed by atoms with Gasteiger partial charge in [0, 0.05) is 70.5 Å². The molecular formula is C58H72N14O9S2. The monoisotopic (exact) mass is 1170 g/mol. The molecule has 6 aromatic rings. The molecule has 1 aliphatic rings. The Labute approximate surface area is 487 Å². The lowest BCUT2D eigenvalue weighted by molar-refractivity contribution is -0.136. The van der Waals surface area contributed by atoms with Gasteiger partial charge in [0.15, 0.2) is 5.96 Å². The summed E-state index contributed by atoms with van der Waals surface area (Å²) in [5.74, 6) is -7.22. The normalized spacial score (nSPS) is 21.4. The van der Waals surface area contributed by atoms with Gasteiger partial charge < -0.3 is 75.2 Å². The van der Waals surface area contributed by atoms with Crippen molar-refractivity contribution in [3.05, 3.63) is 144 Å². The number of fused-ring (bicyclic) bond motifs is 2. The molecule has 7 rings (SSSR count). The van der Waals surface area contributed by atoms with E-state index in [1.54, 1.807) is 86.9 Å². The smallest absolute Gasteiger partial charge is 0.244 e. The lowest BCUT2D eigenvalue weighted by atomic mass is 9.98. The molecule has 1 saturated heterocycles. The van der Waals surface area contributed by atoms with Gasteiger partial charge in [-0.2, -0.15) is 0 Å². The number of benzene rings is 4. The van der Waals surface area contributed by atoms with Crippen molar-refractivity contribution in [2.45, 2.75) is 118 Å². The van der Waals surface area contributed by atoms with Crippen molar-refractivity contribution in [2.75, 3.05) is 12.3 Å². The van der Waals surface area contributed by atoms with E-state index in [0.717, 1.165) is 49.0 Å². The molecule has 1 aliphatic heterocycles. The SMILES string of the molecule is C[C@@H](O)[C@H](NC(=O)[C@@H]1NC(=O)[C@H](Cc2c[nH]c3ccccc23)NC(=O)[C@H](CCCN=C(N)N)NC(=O)[C@H](Cc2c[nH]c3ccccc23)NC(=O)[C@H](Cc2ccccc2)NC(=O)[C@@H](NC(=O)[C@H](N)Cc2ccccc2)CSSC1(C)C)C(N)=O. The Kier molecular flexibility index (Phi) is 21.8. The number of hydrogen-bond acceptors (Lipinski definition) is 13. The van der Waals surface area contributed by atoms with Crippen molar-refractivity contribution < 1.29 is 43.5 Å². The van der Waals surface area contributed by atoms with Crippen molar-refractivity contribution in [3.8, 4) is 0 Å². The Morgan fingerprint density at radius 3 is 1.69 bits per heavy atom. The lowest BCUT2D eigenvalue weighted by Gasteiger charge is -2.35. The molecule has 3 heterocycles. The summed E-state index contributed by atoms with van der Waals surface area (Å²) < 4.78 is -1.40. The fourth-order valence-corrected chi connectivity index (χ4v) is 12.4. The zero-order valence-corrected chi connectivity index (χ0v) is 47.8. The fourth-order valence-electron chi connectivity index (χ4n) is 9.57. The number of aromatic amines is 2. The van der Waals surface area contributed by atoms with Gasteiger partial charge in [-0.25, -0.2) is 0 Å². The summed E-state index contributed by atoms with van der Waals surface area (Å²) in [6, 6.07) is 21.1. The molecule has 0 saturated carbocycles. The van der Waals surface area contributed by atoms with Crippen molar-refractivity contribution in [1.29, 1.82) is 0 Å². The number of aliphatic hydroxyl groups excluding tert-OH is 1. The summed E-state index contributed by atoms with van der Waals surface area (Å²) >= 11 is 0. The molecule has 2 aromatic heterocycles. The number of aromatic nitrogens is 2. The van der Waals surface area contributed by atoms with Gasteiger partial charge in [-0.15, -0.1) is 0 Å². The Balaban J connectivity index is 1.34. The van der Waals surface area contributed by atoms with Crippen LogP contribution in [-0.4, -0.2) is 140 Å². The van der Waals surface area contributed by atoms with Crippen LogP contribution in [0.25, 0.3) is 21.8 Å².